The minimum absolute atomic E-state index is 0.133. The topological polar surface area (TPSA) is 28.5 Å². The lowest BCUT2D eigenvalue weighted by molar-refractivity contribution is 0.0784. The first-order chi connectivity index (χ1) is 13.0. The number of benzene rings is 2. The van der Waals surface area contributed by atoms with Gasteiger partial charge in [0.1, 0.15) is 0 Å². The minimum Gasteiger partial charge on any atom is -0.350 e. The molecule has 0 bridgehead atoms. The molecule has 1 saturated heterocycles. The fourth-order valence-corrected chi connectivity index (χ4v) is 4.30. The number of carbonyl (C=O) groups excluding carboxylic acids is 1. The molecule has 1 aliphatic heterocycles. The molecular weight excluding hydrogens is 334 g/mol. The second-order valence-electron chi connectivity index (χ2n) is 7.93. The van der Waals surface area contributed by atoms with Crippen molar-refractivity contribution >= 4 is 16.8 Å². The van der Waals surface area contributed by atoms with Crippen molar-refractivity contribution < 1.29 is 4.79 Å². The molecule has 0 N–H and O–H groups in total. The van der Waals surface area contributed by atoms with Gasteiger partial charge in [-0.3, -0.25) is 4.79 Å². The van der Waals surface area contributed by atoms with Gasteiger partial charge in [0.15, 0.2) is 0 Å². The van der Waals surface area contributed by atoms with Gasteiger partial charge in [0.2, 0.25) is 0 Å². The summed E-state index contributed by atoms with van der Waals surface area (Å²) in [6.45, 7) is 3.62. The molecule has 2 heterocycles. The van der Waals surface area contributed by atoms with Gasteiger partial charge < -0.3 is 14.4 Å². The molecule has 140 valence electrons. The first-order valence-corrected chi connectivity index (χ1v) is 9.52. The molecule has 1 aliphatic rings. The summed E-state index contributed by atoms with van der Waals surface area (Å²) in [5, 5.41) is 1.03. The number of carbonyl (C=O) groups is 1. The molecule has 2 aromatic carbocycles. The Balaban J connectivity index is 1.66. The summed E-state index contributed by atoms with van der Waals surface area (Å²) < 4.78 is 2.04. The third kappa shape index (κ3) is 3.15. The van der Waals surface area contributed by atoms with Crippen LogP contribution in [0.1, 0.15) is 27.4 Å². The number of hydrogen-bond acceptors (Lipinski definition) is 2. The molecule has 4 nitrogen and oxygen atoms in total. The normalized spacial score (nSPS) is 20.0. The Bertz CT molecular complexity index is 971. The van der Waals surface area contributed by atoms with E-state index in [1.807, 2.05) is 40.9 Å². The zero-order chi connectivity index (χ0) is 19.1. The highest BCUT2D eigenvalue weighted by atomic mass is 16.2. The molecule has 0 unspecified atom stereocenters. The zero-order valence-corrected chi connectivity index (χ0v) is 16.5. The van der Waals surface area contributed by atoms with Gasteiger partial charge in [-0.25, -0.2) is 0 Å². The van der Waals surface area contributed by atoms with Crippen molar-refractivity contribution in [1.82, 2.24) is 14.4 Å². The third-order valence-corrected chi connectivity index (χ3v) is 5.87. The van der Waals surface area contributed by atoms with Crippen LogP contribution in [-0.4, -0.2) is 53.5 Å². The maximum absolute atomic E-state index is 13.4. The van der Waals surface area contributed by atoms with E-state index in [0.29, 0.717) is 12.0 Å². The Morgan fingerprint density at radius 3 is 2.44 bits per heavy atom. The number of aromatic nitrogens is 1. The van der Waals surface area contributed by atoms with E-state index in [9.17, 15) is 4.79 Å². The van der Waals surface area contributed by atoms with E-state index in [2.05, 4.69) is 56.3 Å². The summed E-state index contributed by atoms with van der Waals surface area (Å²) in [6, 6.07) is 17.2. The number of nitrogens with zero attached hydrogens (tertiary/aromatic N) is 3. The maximum atomic E-state index is 13.4. The molecule has 4 heteroatoms. The molecule has 0 spiro atoms. The molecule has 3 aromatic rings. The average Bonchev–Trinajstić information content (AvgIpc) is 3.25. The number of rotatable bonds is 3. The predicted molar refractivity (Wildman–Crippen MR) is 110 cm³/mol. The quantitative estimate of drug-likeness (QED) is 0.712. The van der Waals surface area contributed by atoms with Crippen molar-refractivity contribution in [2.24, 2.45) is 7.05 Å². The van der Waals surface area contributed by atoms with Crippen molar-refractivity contribution in [3.63, 3.8) is 0 Å². The van der Waals surface area contributed by atoms with Crippen molar-refractivity contribution in [2.45, 2.75) is 18.9 Å². The molecule has 0 radical (unpaired) electrons. The molecule has 1 fully saturated rings. The fourth-order valence-electron chi connectivity index (χ4n) is 4.30. The highest BCUT2D eigenvalue weighted by Crippen LogP contribution is 2.32. The van der Waals surface area contributed by atoms with Crippen LogP contribution in [0, 0.1) is 6.92 Å². The summed E-state index contributed by atoms with van der Waals surface area (Å²) in [7, 11) is 6.22. The molecule has 2 atom stereocenters. The lowest BCUT2D eigenvalue weighted by atomic mass is 9.93. The van der Waals surface area contributed by atoms with E-state index in [1.54, 1.807) is 0 Å². The number of likely N-dealkylation sites (tertiary alicyclic amines) is 1. The van der Waals surface area contributed by atoms with E-state index >= 15 is 0 Å². The Morgan fingerprint density at radius 1 is 1.04 bits per heavy atom. The Morgan fingerprint density at radius 2 is 1.74 bits per heavy atom. The van der Waals surface area contributed by atoms with Crippen molar-refractivity contribution in [1.29, 1.82) is 0 Å². The fraction of sp³-hybridized carbons (Fsp3) is 0.348. The highest BCUT2D eigenvalue weighted by Gasteiger charge is 2.38. The Hall–Kier alpha value is -2.59. The van der Waals surface area contributed by atoms with Crippen LogP contribution in [0.5, 0.6) is 0 Å². The smallest absolute Gasteiger partial charge is 0.256 e. The number of hydrogen-bond donors (Lipinski definition) is 0. The van der Waals surface area contributed by atoms with Crippen LogP contribution in [0.15, 0.2) is 54.7 Å². The summed E-state index contributed by atoms with van der Waals surface area (Å²) in [4.78, 5) is 17.6. The van der Waals surface area contributed by atoms with Crippen LogP contribution >= 0.6 is 0 Å². The van der Waals surface area contributed by atoms with Crippen molar-refractivity contribution in [3.8, 4) is 0 Å². The molecule has 0 aliphatic carbocycles. The molecule has 4 rings (SSSR count). The van der Waals surface area contributed by atoms with Crippen LogP contribution < -0.4 is 0 Å². The van der Waals surface area contributed by atoms with Gasteiger partial charge in [-0.05, 0) is 32.6 Å². The van der Waals surface area contributed by atoms with E-state index < -0.39 is 0 Å². The van der Waals surface area contributed by atoms with Crippen molar-refractivity contribution in [3.05, 3.63) is 71.4 Å². The monoisotopic (exact) mass is 361 g/mol. The molecule has 1 amide bonds. The lowest BCUT2D eigenvalue weighted by Crippen LogP contribution is -2.35. The number of para-hydroxylation sites is 1. The second-order valence-corrected chi connectivity index (χ2v) is 7.93. The average molecular weight is 361 g/mol. The standard InChI is InChI=1S/C23H27N3O/c1-16-9-11-17(12-10-16)19-14-26(15-22(19)24(2)3)23(27)20-13-25(4)21-8-6-5-7-18(20)21/h5-13,19,22H,14-15H2,1-4H3/t19-,22+/m0/s1. The number of likely N-dealkylation sites (N-methyl/N-ethyl adjacent to an activating group) is 1. The number of amides is 1. The van der Waals surface area contributed by atoms with E-state index in [-0.39, 0.29) is 5.91 Å². The van der Waals surface area contributed by atoms with Crippen LogP contribution in [0.4, 0.5) is 0 Å². The Kier molecular flexibility index (Phi) is 4.52. The van der Waals surface area contributed by atoms with Gasteiger partial charge in [-0.1, -0.05) is 48.0 Å². The number of fused-ring (bicyclic) bond motifs is 1. The maximum Gasteiger partial charge on any atom is 0.256 e. The minimum atomic E-state index is 0.133. The van der Waals surface area contributed by atoms with Gasteiger partial charge in [-0.2, -0.15) is 0 Å². The van der Waals surface area contributed by atoms with E-state index in [1.165, 1.54) is 11.1 Å². The van der Waals surface area contributed by atoms with Gasteiger partial charge in [0, 0.05) is 49.2 Å². The van der Waals surface area contributed by atoms with Gasteiger partial charge in [0.25, 0.3) is 5.91 Å². The summed E-state index contributed by atoms with van der Waals surface area (Å²) in [6.07, 6.45) is 1.97. The van der Waals surface area contributed by atoms with Gasteiger partial charge in [-0.15, -0.1) is 0 Å². The first kappa shape index (κ1) is 17.8. The summed E-state index contributed by atoms with van der Waals surface area (Å²) in [5.74, 6) is 0.466. The molecule has 1 aromatic heterocycles. The first-order valence-electron chi connectivity index (χ1n) is 9.52. The second kappa shape index (κ2) is 6.86. The van der Waals surface area contributed by atoms with Gasteiger partial charge in [0.05, 0.1) is 5.56 Å². The van der Waals surface area contributed by atoms with Crippen LogP contribution in [0.2, 0.25) is 0 Å². The molecular formula is C23H27N3O. The van der Waals surface area contributed by atoms with Gasteiger partial charge >= 0.3 is 0 Å². The number of aryl methyl sites for hydroxylation is 2. The lowest BCUT2D eigenvalue weighted by Gasteiger charge is -2.25. The third-order valence-electron chi connectivity index (χ3n) is 5.87. The van der Waals surface area contributed by atoms with Crippen LogP contribution in [-0.2, 0) is 7.05 Å². The van der Waals surface area contributed by atoms with E-state index in [0.717, 1.165) is 29.6 Å². The summed E-state index contributed by atoms with van der Waals surface area (Å²) >= 11 is 0. The zero-order valence-electron chi connectivity index (χ0n) is 16.5. The highest BCUT2D eigenvalue weighted by molar-refractivity contribution is 6.07. The van der Waals surface area contributed by atoms with Crippen LogP contribution in [0.3, 0.4) is 0 Å². The van der Waals surface area contributed by atoms with Crippen LogP contribution in [0.25, 0.3) is 10.9 Å². The molecule has 27 heavy (non-hydrogen) atoms. The molecule has 0 saturated carbocycles. The SMILES string of the molecule is Cc1ccc([C@@H]2CN(C(=O)c3cn(C)c4ccccc34)C[C@H]2N(C)C)cc1. The van der Waals surface area contributed by atoms with E-state index in [4.69, 9.17) is 0 Å². The summed E-state index contributed by atoms with van der Waals surface area (Å²) in [5.41, 5.74) is 4.48. The largest absolute Gasteiger partial charge is 0.350 e. The Labute approximate surface area is 161 Å². The predicted octanol–water partition coefficient (Wildman–Crippen LogP) is 3.66. The van der Waals surface area contributed by atoms with Crippen molar-refractivity contribution in [2.75, 3.05) is 27.2 Å².